The van der Waals surface area contributed by atoms with Gasteiger partial charge in [0.2, 0.25) is 5.78 Å². The van der Waals surface area contributed by atoms with E-state index in [0.29, 0.717) is 11.1 Å². The van der Waals surface area contributed by atoms with E-state index in [-0.39, 0.29) is 18.1 Å². The fourth-order valence-electron chi connectivity index (χ4n) is 2.13. The van der Waals surface area contributed by atoms with Gasteiger partial charge >= 0.3 is 11.9 Å². The first-order chi connectivity index (χ1) is 13.8. The Kier molecular flexibility index (Phi) is 8.11. The molecule has 0 saturated carbocycles. The van der Waals surface area contributed by atoms with Crippen LogP contribution in [0.2, 0.25) is 0 Å². The molecule has 1 atom stereocenters. The van der Waals surface area contributed by atoms with Gasteiger partial charge in [-0.25, -0.2) is 9.59 Å². The number of ether oxygens (including phenoxy) is 1. The maximum absolute atomic E-state index is 12.2. The monoisotopic (exact) mass is 415 g/mol. The molecule has 0 aliphatic rings. The minimum atomic E-state index is -0.708. The second-order valence-corrected chi connectivity index (χ2v) is 7.33. The Morgan fingerprint density at radius 3 is 1.97 bits per heavy atom. The number of rotatable bonds is 8. The first-order valence-corrected chi connectivity index (χ1v) is 9.58. The van der Waals surface area contributed by atoms with Gasteiger partial charge in [0.25, 0.3) is 0 Å². The Labute approximate surface area is 172 Å². The Morgan fingerprint density at radius 2 is 1.48 bits per heavy atom. The molecule has 0 spiro atoms. The summed E-state index contributed by atoms with van der Waals surface area (Å²) in [6, 6.07) is 13.8. The lowest BCUT2D eigenvalue weighted by molar-refractivity contribution is -0.140. The molecule has 0 saturated heterocycles. The molecule has 2 aromatic carbocycles. The predicted molar refractivity (Wildman–Crippen MR) is 108 cm³/mol. The van der Waals surface area contributed by atoms with Gasteiger partial charge in [0.1, 0.15) is 12.3 Å². The summed E-state index contributed by atoms with van der Waals surface area (Å²) >= 11 is 1.47. The number of oxime groups is 1. The summed E-state index contributed by atoms with van der Waals surface area (Å²) in [5.41, 5.74) is 0.913. The third-order valence-electron chi connectivity index (χ3n) is 3.54. The standard InChI is InChI=1S/C21H21NO6S/c1-13(23)12-27-21(26)17-6-10-19(11-7-17)29-18-8-4-16(5-9-18)20(25)14(2)22-28-15(3)24/h4-11,13,23H,12H2,1-3H3/b22-14+. The van der Waals surface area contributed by atoms with Gasteiger partial charge in [0.15, 0.2) is 0 Å². The summed E-state index contributed by atoms with van der Waals surface area (Å²) in [6.07, 6.45) is -0.708. The third kappa shape index (κ3) is 7.17. The fourth-order valence-corrected chi connectivity index (χ4v) is 2.95. The third-order valence-corrected chi connectivity index (χ3v) is 4.55. The van der Waals surface area contributed by atoms with E-state index in [0.717, 1.165) is 9.79 Å². The number of aliphatic hydroxyl groups excluding tert-OH is 1. The van der Waals surface area contributed by atoms with Crippen molar-refractivity contribution in [3.8, 4) is 0 Å². The van der Waals surface area contributed by atoms with Crippen molar-refractivity contribution in [2.24, 2.45) is 5.16 Å². The van der Waals surface area contributed by atoms with E-state index < -0.39 is 18.0 Å². The molecule has 0 aliphatic heterocycles. The van der Waals surface area contributed by atoms with Gasteiger partial charge in [-0.3, -0.25) is 4.79 Å². The van der Waals surface area contributed by atoms with E-state index in [2.05, 4.69) is 9.99 Å². The number of nitrogens with zero attached hydrogens (tertiary/aromatic N) is 1. The van der Waals surface area contributed by atoms with Crippen LogP contribution in [0.5, 0.6) is 0 Å². The average Bonchev–Trinajstić information content (AvgIpc) is 2.70. The van der Waals surface area contributed by atoms with Crippen molar-refractivity contribution >= 4 is 35.2 Å². The maximum atomic E-state index is 12.2. The van der Waals surface area contributed by atoms with Crippen LogP contribution in [0, 0.1) is 0 Å². The van der Waals surface area contributed by atoms with E-state index in [1.54, 1.807) is 55.5 Å². The van der Waals surface area contributed by atoms with Crippen molar-refractivity contribution < 1.29 is 29.1 Å². The normalized spacial score (nSPS) is 12.2. The summed E-state index contributed by atoms with van der Waals surface area (Å²) in [5.74, 6) is -1.41. The number of Topliss-reactive ketones (excluding diaryl/α,β-unsaturated/α-hetero) is 1. The zero-order chi connectivity index (χ0) is 21.4. The van der Waals surface area contributed by atoms with Crippen molar-refractivity contribution in [2.45, 2.75) is 36.7 Å². The fraction of sp³-hybridized carbons (Fsp3) is 0.238. The number of aliphatic hydroxyl groups is 1. The number of hydrogen-bond donors (Lipinski definition) is 1. The topological polar surface area (TPSA) is 102 Å². The van der Waals surface area contributed by atoms with Gasteiger partial charge in [0.05, 0.1) is 11.7 Å². The molecule has 1 N–H and O–H groups in total. The first kappa shape index (κ1) is 22.3. The zero-order valence-corrected chi connectivity index (χ0v) is 17.1. The predicted octanol–water partition coefficient (Wildman–Crippen LogP) is 3.50. The summed E-state index contributed by atoms with van der Waals surface area (Å²) < 4.78 is 4.97. The Bertz CT molecular complexity index is 904. The number of hydrogen-bond acceptors (Lipinski definition) is 8. The van der Waals surface area contributed by atoms with E-state index in [1.165, 1.54) is 25.6 Å². The molecule has 0 aromatic heterocycles. The molecule has 0 aliphatic carbocycles. The molecule has 0 radical (unpaired) electrons. The molecule has 7 nitrogen and oxygen atoms in total. The molecule has 1 unspecified atom stereocenters. The van der Waals surface area contributed by atoms with Crippen LogP contribution in [0.15, 0.2) is 63.5 Å². The molecule has 152 valence electrons. The lowest BCUT2D eigenvalue weighted by atomic mass is 10.1. The summed E-state index contributed by atoms with van der Waals surface area (Å²) in [6.45, 7) is 4.17. The van der Waals surface area contributed by atoms with Crippen molar-refractivity contribution in [1.82, 2.24) is 0 Å². The molecule has 8 heteroatoms. The van der Waals surface area contributed by atoms with Crippen molar-refractivity contribution in [1.29, 1.82) is 0 Å². The van der Waals surface area contributed by atoms with Gasteiger partial charge in [-0.1, -0.05) is 16.9 Å². The number of esters is 1. The maximum Gasteiger partial charge on any atom is 0.338 e. The van der Waals surface area contributed by atoms with E-state index in [9.17, 15) is 14.4 Å². The smallest absolute Gasteiger partial charge is 0.338 e. The van der Waals surface area contributed by atoms with Crippen LogP contribution in [0.3, 0.4) is 0 Å². The molecule has 2 rings (SSSR count). The van der Waals surface area contributed by atoms with Gasteiger partial charge in [-0.15, -0.1) is 0 Å². The molecule has 29 heavy (non-hydrogen) atoms. The molecule has 0 bridgehead atoms. The molecule has 0 heterocycles. The molecule has 2 aromatic rings. The van der Waals surface area contributed by atoms with E-state index in [4.69, 9.17) is 9.84 Å². The summed E-state index contributed by atoms with van der Waals surface area (Å²) in [4.78, 5) is 41.1. The van der Waals surface area contributed by atoms with Crippen molar-refractivity contribution in [2.75, 3.05) is 6.61 Å². The summed E-state index contributed by atoms with van der Waals surface area (Å²) in [5, 5.41) is 12.7. The van der Waals surface area contributed by atoms with Gasteiger partial charge in [-0.05, 0) is 62.4 Å². The van der Waals surface area contributed by atoms with Crippen molar-refractivity contribution in [3.05, 3.63) is 59.7 Å². The molecule has 0 amide bonds. The number of carbonyl (C=O) groups excluding carboxylic acids is 3. The highest BCUT2D eigenvalue weighted by Gasteiger charge is 2.12. The van der Waals surface area contributed by atoms with Crippen LogP contribution < -0.4 is 0 Å². The lowest BCUT2D eigenvalue weighted by Gasteiger charge is -2.07. The van der Waals surface area contributed by atoms with Crippen LogP contribution in [0.1, 0.15) is 41.5 Å². The van der Waals surface area contributed by atoms with Gasteiger partial charge in [0, 0.05) is 22.3 Å². The lowest BCUT2D eigenvalue weighted by Crippen LogP contribution is -2.15. The number of carbonyl (C=O) groups is 3. The molecular weight excluding hydrogens is 394 g/mol. The first-order valence-electron chi connectivity index (χ1n) is 8.76. The minimum Gasteiger partial charge on any atom is -0.459 e. The second kappa shape index (κ2) is 10.5. The zero-order valence-electron chi connectivity index (χ0n) is 16.2. The average molecular weight is 415 g/mol. The Balaban J connectivity index is 1.99. The molecular formula is C21H21NO6S. The van der Waals surface area contributed by atoms with E-state index in [1.807, 2.05) is 0 Å². The molecule has 0 fully saturated rings. The van der Waals surface area contributed by atoms with Crippen LogP contribution in [0.25, 0.3) is 0 Å². The van der Waals surface area contributed by atoms with Gasteiger partial charge < -0.3 is 14.7 Å². The van der Waals surface area contributed by atoms with Crippen LogP contribution in [0.4, 0.5) is 0 Å². The highest BCUT2D eigenvalue weighted by atomic mass is 32.2. The SMILES string of the molecule is CC(=O)O/N=C(\C)C(=O)c1ccc(Sc2ccc(C(=O)OCC(C)O)cc2)cc1. The van der Waals surface area contributed by atoms with Crippen LogP contribution in [-0.4, -0.2) is 41.3 Å². The largest absolute Gasteiger partial charge is 0.459 e. The van der Waals surface area contributed by atoms with Gasteiger partial charge in [-0.2, -0.15) is 0 Å². The van der Waals surface area contributed by atoms with Crippen molar-refractivity contribution in [3.63, 3.8) is 0 Å². The highest BCUT2D eigenvalue weighted by Crippen LogP contribution is 2.28. The quantitative estimate of drug-likeness (QED) is 0.231. The highest BCUT2D eigenvalue weighted by molar-refractivity contribution is 7.99. The summed E-state index contributed by atoms with van der Waals surface area (Å²) in [7, 11) is 0. The number of benzene rings is 2. The minimum absolute atomic E-state index is 0.0501. The Morgan fingerprint density at radius 1 is 0.966 bits per heavy atom. The van der Waals surface area contributed by atoms with Crippen LogP contribution >= 0.6 is 11.8 Å². The Hall–Kier alpha value is -2.97. The van der Waals surface area contributed by atoms with E-state index >= 15 is 0 Å². The second-order valence-electron chi connectivity index (χ2n) is 6.19. The number of ketones is 1. The van der Waals surface area contributed by atoms with Crippen LogP contribution in [-0.2, 0) is 14.4 Å².